The summed E-state index contributed by atoms with van der Waals surface area (Å²) in [6, 6.07) is 0. The fourth-order valence-corrected chi connectivity index (χ4v) is 8.51. The van der Waals surface area contributed by atoms with Gasteiger partial charge in [0.1, 0.15) is 5.78 Å². The normalized spacial score (nSPS) is 47.9. The van der Waals surface area contributed by atoms with E-state index in [9.17, 15) is 19.2 Å². The van der Waals surface area contributed by atoms with Crippen LogP contribution in [-0.2, 0) is 23.9 Å². The summed E-state index contributed by atoms with van der Waals surface area (Å²) in [4.78, 5) is 51.6. The maximum absolute atomic E-state index is 17.2. The van der Waals surface area contributed by atoms with Crippen LogP contribution in [0.5, 0.6) is 0 Å². The van der Waals surface area contributed by atoms with Crippen molar-refractivity contribution in [2.45, 2.75) is 90.3 Å². The molecule has 0 spiro atoms. The predicted octanol–water partition coefficient (Wildman–Crippen LogP) is 4.62. The third-order valence-electron chi connectivity index (χ3n) is 9.95. The molecule has 4 aliphatic rings. The molecule has 178 valence electrons. The average Bonchev–Trinajstić information content (AvgIpc) is 2.96. The number of carbonyl (C=O) groups is 4. The first-order valence-electron chi connectivity index (χ1n) is 12.0. The molecule has 0 aromatic rings. The first kappa shape index (κ1) is 23.8. The minimum Gasteiger partial charge on any atom is -0.450 e. The molecule has 7 heteroatoms. The number of hydrogen-bond acceptors (Lipinski definition) is 5. The summed E-state index contributed by atoms with van der Waals surface area (Å²) >= 11 is 6.00. The smallest absolute Gasteiger partial charge is 0.306 e. The van der Waals surface area contributed by atoms with Crippen molar-refractivity contribution in [3.8, 4) is 0 Å². The number of fused-ring (bicyclic) bond motifs is 5. The van der Waals surface area contributed by atoms with E-state index < -0.39 is 45.6 Å². The van der Waals surface area contributed by atoms with Gasteiger partial charge < -0.3 is 4.74 Å². The van der Waals surface area contributed by atoms with Gasteiger partial charge in [0.15, 0.2) is 22.8 Å². The van der Waals surface area contributed by atoms with Crippen LogP contribution in [0.25, 0.3) is 0 Å². The van der Waals surface area contributed by atoms with E-state index in [1.807, 2.05) is 20.8 Å². The molecule has 0 radical (unpaired) electrons. The van der Waals surface area contributed by atoms with E-state index in [-0.39, 0.29) is 42.3 Å². The Hall–Kier alpha value is -1.30. The standard InChI is InChI=1S/C25H34ClFO5/c1-5-21(31)32-25(20(30)13-26)14(2)10-18-17-7-6-15-11-16(28)8-9-22(15,3)24(17,27)19(29)12-23(18,25)4/h14-15,17-18H,5-13H2,1-4H3/t14-,15-,17-,18-,22-,23-,24-,25+/m0/s1. The van der Waals surface area contributed by atoms with Gasteiger partial charge in [0.25, 0.3) is 0 Å². The first-order chi connectivity index (χ1) is 14.9. The van der Waals surface area contributed by atoms with Crippen LogP contribution < -0.4 is 0 Å². The molecule has 0 N–H and O–H groups in total. The topological polar surface area (TPSA) is 77.5 Å². The van der Waals surface area contributed by atoms with Gasteiger partial charge in [-0.2, -0.15) is 0 Å². The van der Waals surface area contributed by atoms with Crippen LogP contribution in [0.3, 0.4) is 0 Å². The Kier molecular flexibility index (Phi) is 5.67. The molecular weight excluding hydrogens is 435 g/mol. The number of rotatable bonds is 4. The van der Waals surface area contributed by atoms with E-state index in [1.54, 1.807) is 6.92 Å². The van der Waals surface area contributed by atoms with Crippen molar-refractivity contribution in [3.63, 3.8) is 0 Å². The SMILES string of the molecule is CCC(=O)O[C@@]1(C(=O)CCl)[C@@H](C)C[C@H]2[C@@H]3CC[C@H]4CC(=O)CC[C@]4(C)[C@@]3(F)C(=O)C[C@@]21C. The lowest BCUT2D eigenvalue weighted by atomic mass is 9.42. The average molecular weight is 469 g/mol. The number of halogens is 2. The molecule has 0 unspecified atom stereocenters. The Balaban J connectivity index is 1.82. The van der Waals surface area contributed by atoms with Gasteiger partial charge in [-0.3, -0.25) is 19.2 Å². The zero-order valence-electron chi connectivity index (χ0n) is 19.5. The summed E-state index contributed by atoms with van der Waals surface area (Å²) in [5.41, 5.74) is -5.44. The van der Waals surface area contributed by atoms with Gasteiger partial charge in [0, 0.05) is 48.3 Å². The zero-order valence-corrected chi connectivity index (χ0v) is 20.2. The third-order valence-corrected chi connectivity index (χ3v) is 10.2. The fourth-order valence-electron chi connectivity index (χ4n) is 8.31. The van der Waals surface area contributed by atoms with Crippen molar-refractivity contribution in [2.24, 2.45) is 34.5 Å². The molecule has 0 aliphatic heterocycles. The van der Waals surface area contributed by atoms with Gasteiger partial charge in [-0.1, -0.05) is 27.7 Å². The van der Waals surface area contributed by atoms with Crippen molar-refractivity contribution in [3.05, 3.63) is 0 Å². The predicted molar refractivity (Wildman–Crippen MR) is 117 cm³/mol. The number of carbonyl (C=O) groups excluding carboxylic acids is 4. The van der Waals surface area contributed by atoms with Crippen LogP contribution in [0.15, 0.2) is 0 Å². The van der Waals surface area contributed by atoms with Crippen LogP contribution >= 0.6 is 11.6 Å². The van der Waals surface area contributed by atoms with E-state index in [0.29, 0.717) is 38.5 Å². The fraction of sp³-hybridized carbons (Fsp3) is 0.840. The summed E-state index contributed by atoms with van der Waals surface area (Å²) in [5, 5.41) is 0. The Bertz CT molecular complexity index is 874. The molecule has 0 saturated heterocycles. The lowest BCUT2D eigenvalue weighted by molar-refractivity contribution is -0.215. The molecule has 0 heterocycles. The summed E-state index contributed by atoms with van der Waals surface area (Å²) in [6.07, 6.45) is 2.65. The molecular formula is C25H34ClFO5. The van der Waals surface area contributed by atoms with E-state index in [0.717, 1.165) is 0 Å². The highest BCUT2D eigenvalue weighted by Gasteiger charge is 2.78. The quantitative estimate of drug-likeness (QED) is 0.444. The zero-order chi connectivity index (χ0) is 23.7. The highest BCUT2D eigenvalue weighted by molar-refractivity contribution is 6.29. The molecule has 0 bridgehead atoms. The highest BCUT2D eigenvalue weighted by Crippen LogP contribution is 2.71. The van der Waals surface area contributed by atoms with Crippen LogP contribution in [0.2, 0.25) is 0 Å². The lowest BCUT2D eigenvalue weighted by Gasteiger charge is -2.62. The van der Waals surface area contributed by atoms with Gasteiger partial charge in [0.2, 0.25) is 0 Å². The van der Waals surface area contributed by atoms with Gasteiger partial charge in [-0.15, -0.1) is 11.6 Å². The van der Waals surface area contributed by atoms with Gasteiger partial charge >= 0.3 is 5.97 Å². The highest BCUT2D eigenvalue weighted by atomic mass is 35.5. The maximum Gasteiger partial charge on any atom is 0.306 e. The Morgan fingerprint density at radius 2 is 1.84 bits per heavy atom. The summed E-state index contributed by atoms with van der Waals surface area (Å²) < 4.78 is 23.1. The second-order valence-corrected chi connectivity index (χ2v) is 11.4. The summed E-state index contributed by atoms with van der Waals surface area (Å²) in [6.45, 7) is 7.19. The minimum atomic E-state index is -2.03. The monoisotopic (exact) mass is 468 g/mol. The van der Waals surface area contributed by atoms with Crippen LogP contribution in [0.1, 0.15) is 79.1 Å². The third kappa shape index (κ3) is 2.74. The molecule has 0 aromatic carbocycles. The molecule has 0 amide bonds. The maximum atomic E-state index is 17.2. The van der Waals surface area contributed by atoms with Crippen LogP contribution in [0, 0.1) is 34.5 Å². The summed E-state index contributed by atoms with van der Waals surface area (Å²) in [5.74, 6) is -2.94. The molecule has 0 aromatic heterocycles. The number of ether oxygens (including phenoxy) is 1. The lowest BCUT2D eigenvalue weighted by Crippen LogP contribution is -2.70. The van der Waals surface area contributed by atoms with Crippen molar-refractivity contribution in [1.29, 1.82) is 0 Å². The number of esters is 1. The number of hydrogen-bond donors (Lipinski definition) is 0. The molecule has 4 saturated carbocycles. The second-order valence-electron chi connectivity index (χ2n) is 11.1. The van der Waals surface area contributed by atoms with E-state index >= 15 is 4.39 Å². The largest absolute Gasteiger partial charge is 0.450 e. The molecule has 4 aliphatic carbocycles. The van der Waals surface area contributed by atoms with Crippen LogP contribution in [-0.4, -0.2) is 40.5 Å². The van der Waals surface area contributed by atoms with E-state index in [4.69, 9.17) is 16.3 Å². The summed E-state index contributed by atoms with van der Waals surface area (Å²) in [7, 11) is 0. The van der Waals surface area contributed by atoms with Gasteiger partial charge in [-0.25, -0.2) is 4.39 Å². The van der Waals surface area contributed by atoms with Crippen molar-refractivity contribution in [1.82, 2.24) is 0 Å². The molecule has 8 atom stereocenters. The number of alkyl halides is 2. The van der Waals surface area contributed by atoms with Gasteiger partial charge in [-0.05, 0) is 37.5 Å². The van der Waals surface area contributed by atoms with E-state index in [2.05, 4.69) is 0 Å². The van der Waals surface area contributed by atoms with Crippen molar-refractivity contribution < 1.29 is 28.3 Å². The van der Waals surface area contributed by atoms with Gasteiger partial charge in [0.05, 0.1) is 5.88 Å². The van der Waals surface area contributed by atoms with E-state index in [1.165, 1.54) is 0 Å². The molecule has 5 nitrogen and oxygen atoms in total. The van der Waals surface area contributed by atoms with Crippen molar-refractivity contribution in [2.75, 3.05) is 5.88 Å². The Morgan fingerprint density at radius 1 is 1.16 bits per heavy atom. The molecule has 32 heavy (non-hydrogen) atoms. The Labute approximate surface area is 194 Å². The minimum absolute atomic E-state index is 0.100. The van der Waals surface area contributed by atoms with Crippen molar-refractivity contribution >= 4 is 34.9 Å². The first-order valence-corrected chi connectivity index (χ1v) is 12.5. The second kappa shape index (κ2) is 7.61. The number of ketones is 3. The Morgan fingerprint density at radius 3 is 2.47 bits per heavy atom. The van der Waals surface area contributed by atoms with Crippen LogP contribution in [0.4, 0.5) is 4.39 Å². The molecule has 4 rings (SSSR count). The number of Topliss-reactive ketones (excluding diaryl/α,β-unsaturated/α-hetero) is 3. The molecule has 4 fully saturated rings.